The van der Waals surface area contributed by atoms with Gasteiger partial charge in [0, 0.05) is 24.4 Å². The molecule has 114 valence electrons. The first-order chi connectivity index (χ1) is 10.5. The summed E-state index contributed by atoms with van der Waals surface area (Å²) < 4.78 is 33.8. The Kier molecular flexibility index (Phi) is 3.45. The highest BCUT2D eigenvalue weighted by Crippen LogP contribution is 2.23. The Labute approximate surface area is 127 Å². The van der Waals surface area contributed by atoms with Crippen molar-refractivity contribution >= 4 is 15.7 Å². The van der Waals surface area contributed by atoms with Crippen molar-refractivity contribution in [3.8, 4) is 11.3 Å². The third-order valence-electron chi connectivity index (χ3n) is 3.34. The molecule has 0 spiro atoms. The number of rotatable bonds is 4. The zero-order valence-electron chi connectivity index (χ0n) is 12.0. The van der Waals surface area contributed by atoms with Crippen LogP contribution >= 0.6 is 0 Å². The molecule has 8 heteroatoms. The number of hydrogen-bond acceptors (Lipinski definition) is 5. The molecule has 3 aromatic rings. The van der Waals surface area contributed by atoms with Crippen molar-refractivity contribution in [1.82, 2.24) is 14.9 Å². The van der Waals surface area contributed by atoms with Crippen molar-refractivity contribution in [3.05, 3.63) is 48.4 Å². The monoisotopic (exact) mass is 318 g/mol. The standard InChI is InChI=1S/C14H14N4O3S/c1-10-14(9-15-18(10)2)22(19,20)17-12-5-3-11(4-6-12)13-7-8-16-21-13/h3-9,17H,1-2H3. The molecule has 0 unspecified atom stereocenters. The number of anilines is 1. The van der Waals surface area contributed by atoms with Gasteiger partial charge in [0.15, 0.2) is 5.76 Å². The molecule has 1 N–H and O–H groups in total. The molecule has 1 aromatic carbocycles. The van der Waals surface area contributed by atoms with Crippen molar-refractivity contribution in [1.29, 1.82) is 0 Å². The number of nitrogens with one attached hydrogen (secondary N) is 1. The molecule has 22 heavy (non-hydrogen) atoms. The van der Waals surface area contributed by atoms with Crippen LogP contribution in [0, 0.1) is 6.92 Å². The molecule has 0 saturated carbocycles. The molecular formula is C14H14N4O3S. The van der Waals surface area contributed by atoms with Gasteiger partial charge in [0.2, 0.25) is 0 Å². The normalized spacial score (nSPS) is 11.5. The molecule has 2 aromatic heterocycles. The van der Waals surface area contributed by atoms with Gasteiger partial charge in [-0.15, -0.1) is 0 Å². The second-order valence-electron chi connectivity index (χ2n) is 4.78. The van der Waals surface area contributed by atoms with E-state index in [1.54, 1.807) is 50.5 Å². The second kappa shape index (κ2) is 5.30. The van der Waals surface area contributed by atoms with Crippen LogP contribution < -0.4 is 4.72 Å². The third-order valence-corrected chi connectivity index (χ3v) is 4.82. The Morgan fingerprint density at radius 3 is 2.45 bits per heavy atom. The van der Waals surface area contributed by atoms with Crippen molar-refractivity contribution in [3.63, 3.8) is 0 Å². The molecule has 3 rings (SSSR count). The maximum absolute atomic E-state index is 12.4. The number of hydrogen-bond donors (Lipinski definition) is 1. The van der Waals surface area contributed by atoms with E-state index in [1.165, 1.54) is 10.9 Å². The van der Waals surface area contributed by atoms with Gasteiger partial charge in [-0.2, -0.15) is 5.10 Å². The third kappa shape index (κ3) is 2.60. The van der Waals surface area contributed by atoms with Gasteiger partial charge in [-0.1, -0.05) is 5.16 Å². The Morgan fingerprint density at radius 1 is 1.18 bits per heavy atom. The lowest BCUT2D eigenvalue weighted by molar-refractivity contribution is 0.432. The number of aryl methyl sites for hydroxylation is 1. The maximum Gasteiger partial charge on any atom is 0.265 e. The number of nitrogens with zero attached hydrogens (tertiary/aromatic N) is 3. The fourth-order valence-electron chi connectivity index (χ4n) is 2.02. The number of sulfonamides is 1. The van der Waals surface area contributed by atoms with E-state index in [0.717, 1.165) is 5.56 Å². The first-order valence-corrected chi connectivity index (χ1v) is 7.98. The molecule has 7 nitrogen and oxygen atoms in total. The summed E-state index contributed by atoms with van der Waals surface area (Å²) in [6.45, 7) is 1.70. The Balaban J connectivity index is 1.85. The van der Waals surface area contributed by atoms with Gasteiger partial charge in [-0.05, 0) is 31.2 Å². The van der Waals surface area contributed by atoms with Crippen molar-refractivity contribution in [2.45, 2.75) is 11.8 Å². The highest BCUT2D eigenvalue weighted by Gasteiger charge is 2.20. The predicted octanol–water partition coefficient (Wildman–Crippen LogP) is 2.18. The summed E-state index contributed by atoms with van der Waals surface area (Å²) in [4.78, 5) is 0.161. The quantitative estimate of drug-likeness (QED) is 0.796. The summed E-state index contributed by atoms with van der Waals surface area (Å²) in [6, 6.07) is 8.59. The highest BCUT2D eigenvalue weighted by atomic mass is 32.2. The van der Waals surface area contributed by atoms with E-state index in [1.807, 2.05) is 0 Å². The van der Waals surface area contributed by atoms with Crippen LogP contribution in [-0.2, 0) is 17.1 Å². The molecule has 2 heterocycles. The Morgan fingerprint density at radius 2 is 1.91 bits per heavy atom. The molecule has 0 aliphatic rings. The van der Waals surface area contributed by atoms with Crippen LogP contribution in [-0.4, -0.2) is 23.4 Å². The Hall–Kier alpha value is -2.61. The highest BCUT2D eigenvalue weighted by molar-refractivity contribution is 7.92. The lowest BCUT2D eigenvalue weighted by Gasteiger charge is -2.08. The van der Waals surface area contributed by atoms with E-state index < -0.39 is 10.0 Å². The van der Waals surface area contributed by atoms with Crippen LogP contribution in [0.25, 0.3) is 11.3 Å². The minimum Gasteiger partial charge on any atom is -0.356 e. The lowest BCUT2D eigenvalue weighted by Crippen LogP contribution is -2.13. The zero-order valence-corrected chi connectivity index (χ0v) is 12.8. The van der Waals surface area contributed by atoms with Crippen molar-refractivity contribution < 1.29 is 12.9 Å². The van der Waals surface area contributed by atoms with Crippen molar-refractivity contribution in [2.24, 2.45) is 7.05 Å². The van der Waals surface area contributed by atoms with E-state index in [-0.39, 0.29) is 4.90 Å². The van der Waals surface area contributed by atoms with Crippen LogP contribution in [0.2, 0.25) is 0 Å². The minimum atomic E-state index is -3.66. The largest absolute Gasteiger partial charge is 0.356 e. The van der Waals surface area contributed by atoms with Crippen LogP contribution in [0.3, 0.4) is 0 Å². The van der Waals surface area contributed by atoms with Gasteiger partial charge in [0.25, 0.3) is 10.0 Å². The molecular weight excluding hydrogens is 304 g/mol. The summed E-state index contributed by atoms with van der Waals surface area (Å²) in [6.07, 6.45) is 2.89. The van der Waals surface area contributed by atoms with Crippen LogP contribution in [0.15, 0.2) is 52.1 Å². The van der Waals surface area contributed by atoms with E-state index in [2.05, 4.69) is 15.0 Å². The molecule has 0 atom stereocenters. The molecule has 0 fully saturated rings. The SMILES string of the molecule is Cc1c(S(=O)(=O)Nc2ccc(-c3ccno3)cc2)cnn1C. The average Bonchev–Trinajstić information content (AvgIpc) is 3.11. The fourth-order valence-corrected chi connectivity index (χ4v) is 3.28. The Bertz CT molecular complexity index is 881. The van der Waals surface area contributed by atoms with Gasteiger partial charge >= 0.3 is 0 Å². The van der Waals surface area contributed by atoms with Gasteiger partial charge in [0.1, 0.15) is 4.90 Å². The van der Waals surface area contributed by atoms with E-state index in [9.17, 15) is 8.42 Å². The van der Waals surface area contributed by atoms with Crippen LogP contribution in [0.4, 0.5) is 5.69 Å². The van der Waals surface area contributed by atoms with Gasteiger partial charge < -0.3 is 4.52 Å². The summed E-state index contributed by atoms with van der Waals surface area (Å²) in [5.74, 6) is 0.623. The summed E-state index contributed by atoms with van der Waals surface area (Å²) in [5.41, 5.74) is 1.86. The summed E-state index contributed by atoms with van der Waals surface area (Å²) in [5, 5.41) is 7.59. The van der Waals surface area contributed by atoms with E-state index in [4.69, 9.17) is 4.52 Å². The second-order valence-corrected chi connectivity index (χ2v) is 6.43. The smallest absolute Gasteiger partial charge is 0.265 e. The predicted molar refractivity (Wildman–Crippen MR) is 80.7 cm³/mol. The van der Waals surface area contributed by atoms with Gasteiger partial charge in [-0.25, -0.2) is 8.42 Å². The number of benzene rings is 1. The first-order valence-electron chi connectivity index (χ1n) is 6.50. The molecule has 0 aliphatic carbocycles. The minimum absolute atomic E-state index is 0.161. The molecule has 0 amide bonds. The topological polar surface area (TPSA) is 90.0 Å². The van der Waals surface area contributed by atoms with Gasteiger partial charge in [0.05, 0.1) is 18.1 Å². The lowest BCUT2D eigenvalue weighted by atomic mass is 10.1. The average molecular weight is 318 g/mol. The zero-order chi connectivity index (χ0) is 15.7. The van der Waals surface area contributed by atoms with Crippen LogP contribution in [0.1, 0.15) is 5.69 Å². The fraction of sp³-hybridized carbons (Fsp3) is 0.143. The van der Waals surface area contributed by atoms with Crippen molar-refractivity contribution in [2.75, 3.05) is 4.72 Å². The molecule has 0 aliphatic heterocycles. The molecule has 0 radical (unpaired) electrons. The molecule has 0 saturated heterocycles. The number of aromatic nitrogens is 3. The first kappa shape index (κ1) is 14.3. The van der Waals surface area contributed by atoms with Crippen LogP contribution in [0.5, 0.6) is 0 Å². The van der Waals surface area contributed by atoms with Gasteiger partial charge in [-0.3, -0.25) is 9.40 Å². The van der Waals surface area contributed by atoms with E-state index >= 15 is 0 Å². The maximum atomic E-state index is 12.4. The molecule has 0 bridgehead atoms. The summed E-state index contributed by atoms with van der Waals surface area (Å²) >= 11 is 0. The summed E-state index contributed by atoms with van der Waals surface area (Å²) in [7, 11) is -1.96. The van der Waals surface area contributed by atoms with E-state index in [0.29, 0.717) is 17.1 Å².